The molecule has 0 aliphatic rings. The van der Waals surface area contributed by atoms with E-state index in [0.717, 1.165) is 25.3 Å². The van der Waals surface area contributed by atoms with E-state index < -0.39 is 17.7 Å². The van der Waals surface area contributed by atoms with E-state index in [4.69, 9.17) is 10.5 Å². The first-order valence-corrected chi connectivity index (χ1v) is 6.15. The predicted octanol–water partition coefficient (Wildman–Crippen LogP) is 3.87. The molecule has 116 valence electrons. The third kappa shape index (κ3) is 3.30. The molecule has 0 aromatic heterocycles. The number of rotatable bonds is 3. The van der Waals surface area contributed by atoms with Gasteiger partial charge in [0.1, 0.15) is 17.1 Å². The lowest BCUT2D eigenvalue weighted by molar-refractivity contribution is -0.137. The monoisotopic (exact) mass is 311 g/mol. The van der Waals surface area contributed by atoms with Gasteiger partial charge in [0.15, 0.2) is 0 Å². The molecule has 0 radical (unpaired) electrons. The van der Waals surface area contributed by atoms with Crippen molar-refractivity contribution in [1.82, 2.24) is 0 Å². The van der Waals surface area contributed by atoms with Crippen molar-refractivity contribution >= 4 is 11.7 Å². The molecule has 0 spiro atoms. The summed E-state index contributed by atoms with van der Waals surface area (Å²) in [5, 5.41) is 0. The highest BCUT2D eigenvalue weighted by Gasteiger charge is 2.32. The van der Waals surface area contributed by atoms with Crippen LogP contribution in [0.1, 0.15) is 15.9 Å². The van der Waals surface area contributed by atoms with E-state index in [1.807, 2.05) is 0 Å². The van der Waals surface area contributed by atoms with Crippen LogP contribution in [0, 0.1) is 0 Å². The van der Waals surface area contributed by atoms with Crippen molar-refractivity contribution in [1.29, 1.82) is 0 Å². The summed E-state index contributed by atoms with van der Waals surface area (Å²) in [7, 11) is 1.13. The SMILES string of the molecule is COC(=O)c1ccc(C(F)(F)F)cc1Oc1ccccc1N. The molecule has 0 saturated heterocycles. The van der Waals surface area contributed by atoms with Crippen LogP contribution < -0.4 is 10.5 Å². The quantitative estimate of drug-likeness (QED) is 0.690. The van der Waals surface area contributed by atoms with Gasteiger partial charge in [0.05, 0.1) is 18.4 Å². The average Bonchev–Trinajstić information content (AvgIpc) is 2.48. The smallest absolute Gasteiger partial charge is 0.416 e. The Bertz CT molecular complexity index is 699. The van der Waals surface area contributed by atoms with Gasteiger partial charge in [-0.1, -0.05) is 12.1 Å². The first-order chi connectivity index (χ1) is 10.3. The molecule has 4 nitrogen and oxygen atoms in total. The van der Waals surface area contributed by atoms with Gasteiger partial charge in [-0.25, -0.2) is 4.79 Å². The lowest BCUT2D eigenvalue weighted by Gasteiger charge is -2.14. The van der Waals surface area contributed by atoms with Crippen molar-refractivity contribution in [3.8, 4) is 11.5 Å². The van der Waals surface area contributed by atoms with Gasteiger partial charge in [-0.05, 0) is 30.3 Å². The van der Waals surface area contributed by atoms with Gasteiger partial charge in [0, 0.05) is 0 Å². The van der Waals surface area contributed by atoms with Crippen LogP contribution in [0.5, 0.6) is 11.5 Å². The van der Waals surface area contributed by atoms with Gasteiger partial charge >= 0.3 is 12.1 Å². The Morgan fingerprint density at radius 2 is 1.77 bits per heavy atom. The topological polar surface area (TPSA) is 61.5 Å². The number of para-hydroxylation sites is 2. The lowest BCUT2D eigenvalue weighted by atomic mass is 10.1. The second kappa shape index (κ2) is 5.97. The standard InChI is InChI=1S/C15H12F3NO3/c1-21-14(20)10-7-6-9(15(16,17)18)8-13(10)22-12-5-3-2-4-11(12)19/h2-8H,19H2,1H3. The molecule has 22 heavy (non-hydrogen) atoms. The Hall–Kier alpha value is -2.70. The fraction of sp³-hybridized carbons (Fsp3) is 0.133. The molecule has 0 saturated carbocycles. The number of hydrogen-bond donors (Lipinski definition) is 1. The Labute approximate surface area is 124 Å². The van der Waals surface area contributed by atoms with E-state index >= 15 is 0 Å². The van der Waals surface area contributed by atoms with Crippen molar-refractivity contribution in [2.45, 2.75) is 6.18 Å². The van der Waals surface area contributed by atoms with Gasteiger partial charge in [-0.3, -0.25) is 0 Å². The highest BCUT2D eigenvalue weighted by Crippen LogP contribution is 2.36. The van der Waals surface area contributed by atoms with Crippen LogP contribution >= 0.6 is 0 Å². The molecule has 2 aromatic rings. The zero-order valence-electron chi connectivity index (χ0n) is 11.5. The number of benzene rings is 2. The van der Waals surface area contributed by atoms with Crippen LogP contribution in [0.15, 0.2) is 42.5 Å². The van der Waals surface area contributed by atoms with E-state index in [0.29, 0.717) is 0 Å². The van der Waals surface area contributed by atoms with E-state index in [1.165, 1.54) is 12.1 Å². The molecule has 0 bridgehead atoms. The second-order valence-electron chi connectivity index (χ2n) is 4.34. The maximum atomic E-state index is 12.8. The summed E-state index contributed by atoms with van der Waals surface area (Å²) in [5.74, 6) is -0.940. The molecular formula is C15H12F3NO3. The summed E-state index contributed by atoms with van der Waals surface area (Å²) >= 11 is 0. The molecule has 2 N–H and O–H groups in total. The fourth-order valence-corrected chi connectivity index (χ4v) is 1.75. The minimum absolute atomic E-state index is 0.126. The number of methoxy groups -OCH3 is 1. The Balaban J connectivity index is 2.50. The summed E-state index contributed by atoms with van der Waals surface area (Å²) < 4.78 is 48.3. The number of alkyl halides is 3. The molecule has 0 aliphatic heterocycles. The van der Waals surface area contributed by atoms with Crippen molar-refractivity contribution in [2.75, 3.05) is 12.8 Å². The number of esters is 1. The highest BCUT2D eigenvalue weighted by atomic mass is 19.4. The first kappa shape index (κ1) is 15.7. The molecule has 7 heteroatoms. The molecular weight excluding hydrogens is 299 g/mol. The maximum absolute atomic E-state index is 12.8. The zero-order chi connectivity index (χ0) is 16.3. The number of hydrogen-bond acceptors (Lipinski definition) is 4. The Morgan fingerprint density at radius 3 is 2.36 bits per heavy atom. The van der Waals surface area contributed by atoms with Crippen molar-refractivity contribution in [3.05, 3.63) is 53.6 Å². The van der Waals surface area contributed by atoms with Crippen LogP contribution in [0.25, 0.3) is 0 Å². The summed E-state index contributed by atoms with van der Waals surface area (Å²) in [6.45, 7) is 0. The highest BCUT2D eigenvalue weighted by molar-refractivity contribution is 5.92. The predicted molar refractivity (Wildman–Crippen MR) is 73.7 cm³/mol. The molecule has 0 aliphatic carbocycles. The summed E-state index contributed by atoms with van der Waals surface area (Å²) in [6.07, 6.45) is -4.56. The average molecular weight is 311 g/mol. The number of halogens is 3. The largest absolute Gasteiger partial charge is 0.465 e. The molecule has 0 heterocycles. The van der Waals surface area contributed by atoms with Gasteiger partial charge < -0.3 is 15.2 Å². The second-order valence-corrected chi connectivity index (χ2v) is 4.34. The van der Waals surface area contributed by atoms with Crippen LogP contribution in [0.4, 0.5) is 18.9 Å². The van der Waals surface area contributed by atoms with Crippen molar-refractivity contribution in [3.63, 3.8) is 0 Å². The summed E-state index contributed by atoms with van der Waals surface area (Å²) in [6, 6.07) is 8.79. The van der Waals surface area contributed by atoms with Gasteiger partial charge in [-0.2, -0.15) is 13.2 Å². The number of ether oxygens (including phenoxy) is 2. The number of carbonyl (C=O) groups is 1. The summed E-state index contributed by atoms with van der Waals surface area (Å²) in [4.78, 5) is 11.7. The first-order valence-electron chi connectivity index (χ1n) is 6.15. The minimum atomic E-state index is -4.56. The van der Waals surface area contributed by atoms with E-state index in [-0.39, 0.29) is 22.7 Å². The van der Waals surface area contributed by atoms with Gasteiger partial charge in [0.25, 0.3) is 0 Å². The van der Waals surface area contributed by atoms with E-state index in [2.05, 4.69) is 4.74 Å². The van der Waals surface area contributed by atoms with Crippen LogP contribution in [-0.4, -0.2) is 13.1 Å². The van der Waals surface area contributed by atoms with E-state index in [1.54, 1.807) is 12.1 Å². The summed E-state index contributed by atoms with van der Waals surface area (Å²) in [5.41, 5.74) is 4.85. The third-order valence-electron chi connectivity index (χ3n) is 2.85. The van der Waals surface area contributed by atoms with Crippen LogP contribution in [-0.2, 0) is 10.9 Å². The Morgan fingerprint density at radius 1 is 1.09 bits per heavy atom. The third-order valence-corrected chi connectivity index (χ3v) is 2.85. The van der Waals surface area contributed by atoms with Gasteiger partial charge in [0.2, 0.25) is 0 Å². The molecule has 2 aromatic carbocycles. The molecule has 0 unspecified atom stereocenters. The zero-order valence-corrected chi connectivity index (χ0v) is 11.5. The molecule has 0 atom stereocenters. The van der Waals surface area contributed by atoms with Crippen molar-refractivity contribution in [2.24, 2.45) is 0 Å². The number of nitrogen functional groups attached to an aromatic ring is 1. The minimum Gasteiger partial charge on any atom is -0.465 e. The van der Waals surface area contributed by atoms with Gasteiger partial charge in [-0.15, -0.1) is 0 Å². The normalized spacial score (nSPS) is 11.1. The molecule has 0 fully saturated rings. The van der Waals surface area contributed by atoms with Crippen molar-refractivity contribution < 1.29 is 27.4 Å². The number of anilines is 1. The molecule has 0 amide bonds. The van der Waals surface area contributed by atoms with Crippen LogP contribution in [0.2, 0.25) is 0 Å². The van der Waals surface area contributed by atoms with Crippen LogP contribution in [0.3, 0.4) is 0 Å². The lowest BCUT2D eigenvalue weighted by Crippen LogP contribution is -2.09. The molecule has 2 rings (SSSR count). The number of carbonyl (C=O) groups excluding carboxylic acids is 1. The van der Waals surface area contributed by atoms with E-state index in [9.17, 15) is 18.0 Å². The Kier molecular flexibility index (Phi) is 4.25. The number of nitrogens with two attached hydrogens (primary N) is 1. The maximum Gasteiger partial charge on any atom is 0.416 e. The fourth-order valence-electron chi connectivity index (χ4n) is 1.75.